The van der Waals surface area contributed by atoms with Crippen molar-refractivity contribution in [1.82, 2.24) is 0 Å². The number of unbranched alkanes of at least 4 members (excludes halogenated alkanes) is 42. The molecule has 0 heterocycles. The highest BCUT2D eigenvalue weighted by Crippen LogP contribution is 2.17. The largest absolute Gasteiger partial charge is 0.462 e. The molecule has 0 fully saturated rings. The number of hydrogen-bond donors (Lipinski definition) is 0. The molecule has 6 nitrogen and oxygen atoms in total. The summed E-state index contributed by atoms with van der Waals surface area (Å²) in [5, 5.41) is 0. The summed E-state index contributed by atoms with van der Waals surface area (Å²) < 4.78 is 17.0. The van der Waals surface area contributed by atoms with Gasteiger partial charge >= 0.3 is 17.9 Å². The number of carbonyl (C=O) groups excluding carboxylic acids is 3. The zero-order chi connectivity index (χ0) is 56.4. The van der Waals surface area contributed by atoms with E-state index in [1.54, 1.807) is 0 Å². The predicted octanol–water partition coefficient (Wildman–Crippen LogP) is 23.5. The summed E-state index contributed by atoms with van der Waals surface area (Å²) in [6, 6.07) is 0. The van der Waals surface area contributed by atoms with Gasteiger partial charge in [0, 0.05) is 19.3 Å². The summed E-state index contributed by atoms with van der Waals surface area (Å²) >= 11 is 0. The minimum Gasteiger partial charge on any atom is -0.462 e. The fourth-order valence-corrected chi connectivity index (χ4v) is 10.0. The molecule has 0 amide bonds. The van der Waals surface area contributed by atoms with Gasteiger partial charge in [0.25, 0.3) is 0 Å². The molecule has 1 atom stereocenters. The molecule has 0 aromatic carbocycles. The number of esters is 3. The van der Waals surface area contributed by atoms with Crippen molar-refractivity contribution in [2.75, 3.05) is 13.2 Å². The van der Waals surface area contributed by atoms with E-state index in [4.69, 9.17) is 14.2 Å². The lowest BCUT2D eigenvalue weighted by Gasteiger charge is -2.18. The van der Waals surface area contributed by atoms with Gasteiger partial charge in [0.2, 0.25) is 0 Å². The van der Waals surface area contributed by atoms with Crippen molar-refractivity contribution in [2.24, 2.45) is 0 Å². The third-order valence-corrected chi connectivity index (χ3v) is 15.2. The molecular formula is C72H130O6. The van der Waals surface area contributed by atoms with E-state index in [0.717, 1.165) is 83.5 Å². The van der Waals surface area contributed by atoms with Crippen LogP contribution in [-0.4, -0.2) is 37.2 Å². The van der Waals surface area contributed by atoms with Crippen molar-refractivity contribution in [3.8, 4) is 0 Å². The van der Waals surface area contributed by atoms with Gasteiger partial charge in [0.15, 0.2) is 6.10 Å². The van der Waals surface area contributed by atoms with Gasteiger partial charge in [-0.15, -0.1) is 0 Å². The highest BCUT2D eigenvalue weighted by molar-refractivity contribution is 5.71. The number of allylic oxidation sites excluding steroid dienone is 10. The zero-order valence-corrected chi connectivity index (χ0v) is 52.2. The first-order valence-electron chi connectivity index (χ1n) is 34.3. The van der Waals surface area contributed by atoms with Crippen LogP contribution in [0, 0.1) is 0 Å². The SMILES string of the molecule is CCCCC/C=C\C/C=C\CCCCCCCCCCCC(=O)OC(COC(=O)CCCCCCC/C=C\C/C=C\CCCCCC)COC(=O)CCCCCCCCCCCCCCC/C=C\CCCCCCCCCC. The van der Waals surface area contributed by atoms with Crippen molar-refractivity contribution in [1.29, 1.82) is 0 Å². The fraction of sp³-hybridized carbons (Fsp3) is 0.819. The van der Waals surface area contributed by atoms with Crippen molar-refractivity contribution in [3.05, 3.63) is 60.8 Å². The highest BCUT2D eigenvalue weighted by Gasteiger charge is 2.19. The Hall–Kier alpha value is -2.89. The number of carbonyl (C=O) groups is 3. The molecule has 0 radical (unpaired) electrons. The maximum absolute atomic E-state index is 12.9. The summed E-state index contributed by atoms with van der Waals surface area (Å²) in [4.78, 5) is 38.4. The second-order valence-electron chi connectivity index (χ2n) is 23.1. The molecule has 0 aromatic heterocycles. The average molecular weight is 1090 g/mol. The van der Waals surface area contributed by atoms with E-state index < -0.39 is 6.10 Å². The Kier molecular flexibility index (Phi) is 64.2. The quantitative estimate of drug-likeness (QED) is 0.0261. The first-order valence-corrected chi connectivity index (χ1v) is 34.3. The molecule has 1 unspecified atom stereocenters. The summed E-state index contributed by atoms with van der Waals surface area (Å²) in [7, 11) is 0. The fourth-order valence-electron chi connectivity index (χ4n) is 10.0. The molecule has 0 aliphatic heterocycles. The second-order valence-corrected chi connectivity index (χ2v) is 23.1. The molecule has 0 spiro atoms. The Balaban J connectivity index is 4.32. The smallest absolute Gasteiger partial charge is 0.306 e. The Morgan fingerprint density at radius 1 is 0.256 bits per heavy atom. The van der Waals surface area contributed by atoms with Crippen LogP contribution in [0.3, 0.4) is 0 Å². The molecule has 454 valence electrons. The van der Waals surface area contributed by atoms with Gasteiger partial charge in [0.1, 0.15) is 13.2 Å². The summed E-state index contributed by atoms with van der Waals surface area (Å²) in [5.41, 5.74) is 0. The summed E-state index contributed by atoms with van der Waals surface area (Å²) in [5.74, 6) is -0.876. The third kappa shape index (κ3) is 63.9. The van der Waals surface area contributed by atoms with Gasteiger partial charge in [-0.2, -0.15) is 0 Å². The van der Waals surface area contributed by atoms with Crippen molar-refractivity contribution < 1.29 is 28.6 Å². The molecular weight excluding hydrogens is 961 g/mol. The van der Waals surface area contributed by atoms with E-state index >= 15 is 0 Å². The standard InChI is InChI=1S/C72H130O6/c1-4-7-10-13-16-19-22-25-28-31-33-34-35-36-37-38-40-41-44-47-50-53-56-59-62-65-71(74)77-68-69(67-76-70(73)64-61-58-55-52-49-46-43-30-27-24-21-18-15-12-9-6-3)78-72(75)66-63-60-57-54-51-48-45-42-39-32-29-26-23-20-17-14-11-8-5-2/h17,20-21,24,26,29-31,33,43,69H,4-16,18-19,22-23,25,27-28,32,34-42,44-68H2,1-3H3/b20-17-,24-21-,29-26-,33-31-,43-30-. The van der Waals surface area contributed by atoms with Gasteiger partial charge in [-0.3, -0.25) is 14.4 Å². The minimum absolute atomic E-state index is 0.0781. The molecule has 0 N–H and O–H groups in total. The van der Waals surface area contributed by atoms with E-state index in [1.165, 1.54) is 238 Å². The van der Waals surface area contributed by atoms with Crippen molar-refractivity contribution in [2.45, 2.75) is 367 Å². The van der Waals surface area contributed by atoms with Gasteiger partial charge < -0.3 is 14.2 Å². The maximum Gasteiger partial charge on any atom is 0.306 e. The molecule has 0 saturated heterocycles. The summed E-state index contributed by atoms with van der Waals surface area (Å²) in [6.45, 7) is 6.64. The first-order chi connectivity index (χ1) is 38.5. The van der Waals surface area contributed by atoms with Crippen LogP contribution in [0.4, 0.5) is 0 Å². The van der Waals surface area contributed by atoms with Crippen LogP contribution >= 0.6 is 0 Å². The lowest BCUT2D eigenvalue weighted by Crippen LogP contribution is -2.30. The van der Waals surface area contributed by atoms with E-state index in [0.29, 0.717) is 19.3 Å². The van der Waals surface area contributed by atoms with Crippen molar-refractivity contribution in [3.63, 3.8) is 0 Å². The van der Waals surface area contributed by atoms with Gasteiger partial charge in [-0.25, -0.2) is 0 Å². The number of rotatable bonds is 63. The van der Waals surface area contributed by atoms with Crippen LogP contribution < -0.4 is 0 Å². The molecule has 0 aromatic rings. The lowest BCUT2D eigenvalue weighted by molar-refractivity contribution is -0.167. The van der Waals surface area contributed by atoms with Crippen LogP contribution in [-0.2, 0) is 28.6 Å². The van der Waals surface area contributed by atoms with E-state index in [-0.39, 0.29) is 31.1 Å². The van der Waals surface area contributed by atoms with Crippen molar-refractivity contribution >= 4 is 17.9 Å². The molecule has 0 rings (SSSR count). The number of hydrogen-bond acceptors (Lipinski definition) is 6. The number of ether oxygens (including phenoxy) is 3. The van der Waals surface area contributed by atoms with Crippen LogP contribution in [0.1, 0.15) is 361 Å². The Bertz CT molecular complexity index is 1390. The maximum atomic E-state index is 12.9. The highest BCUT2D eigenvalue weighted by atomic mass is 16.6. The van der Waals surface area contributed by atoms with E-state index in [9.17, 15) is 14.4 Å². The van der Waals surface area contributed by atoms with Crippen LogP contribution in [0.2, 0.25) is 0 Å². The first kappa shape index (κ1) is 75.1. The van der Waals surface area contributed by atoms with E-state index in [1.807, 2.05) is 0 Å². The van der Waals surface area contributed by atoms with Crippen LogP contribution in [0.5, 0.6) is 0 Å². The second kappa shape index (κ2) is 66.6. The Labute approximate surface area is 485 Å². The molecule has 6 heteroatoms. The molecule has 0 aliphatic carbocycles. The summed E-state index contributed by atoms with van der Waals surface area (Å²) in [6.07, 6.45) is 85.2. The lowest BCUT2D eigenvalue weighted by atomic mass is 10.0. The molecule has 0 aliphatic rings. The van der Waals surface area contributed by atoms with Crippen LogP contribution in [0.25, 0.3) is 0 Å². The minimum atomic E-state index is -0.783. The Morgan fingerprint density at radius 3 is 0.756 bits per heavy atom. The molecule has 78 heavy (non-hydrogen) atoms. The molecule has 0 bridgehead atoms. The topological polar surface area (TPSA) is 78.9 Å². The predicted molar refractivity (Wildman–Crippen MR) is 339 cm³/mol. The van der Waals surface area contributed by atoms with E-state index in [2.05, 4.69) is 81.5 Å². The van der Waals surface area contributed by atoms with Gasteiger partial charge in [-0.1, -0.05) is 293 Å². The molecule has 0 saturated carbocycles. The monoisotopic (exact) mass is 1090 g/mol. The Morgan fingerprint density at radius 2 is 0.462 bits per heavy atom. The van der Waals surface area contributed by atoms with Crippen LogP contribution in [0.15, 0.2) is 60.8 Å². The third-order valence-electron chi connectivity index (χ3n) is 15.2. The van der Waals surface area contributed by atoms with Gasteiger partial charge in [-0.05, 0) is 109 Å². The average Bonchev–Trinajstić information content (AvgIpc) is 3.44. The normalized spacial score (nSPS) is 12.4. The zero-order valence-electron chi connectivity index (χ0n) is 52.2. The van der Waals surface area contributed by atoms with Gasteiger partial charge in [0.05, 0.1) is 0 Å².